The fraction of sp³-hybridized carbons (Fsp3) is 0.348. The van der Waals surface area contributed by atoms with Gasteiger partial charge in [-0.1, -0.05) is 36.5 Å². The van der Waals surface area contributed by atoms with Crippen molar-refractivity contribution in [3.8, 4) is 17.4 Å². The summed E-state index contributed by atoms with van der Waals surface area (Å²) in [7, 11) is 1.57. The van der Waals surface area contributed by atoms with Crippen LogP contribution in [-0.4, -0.2) is 29.3 Å². The minimum absolute atomic E-state index is 0.0148. The van der Waals surface area contributed by atoms with Crippen LogP contribution >= 0.6 is 23.2 Å². The normalized spacial score (nSPS) is 11.4. The maximum atomic E-state index is 12.2. The Bertz CT molecular complexity index is 1130. The van der Waals surface area contributed by atoms with Crippen LogP contribution in [0.1, 0.15) is 32.6 Å². The molecule has 1 heterocycles. The van der Waals surface area contributed by atoms with E-state index in [1.165, 1.54) is 0 Å². The van der Waals surface area contributed by atoms with E-state index in [9.17, 15) is 9.90 Å². The van der Waals surface area contributed by atoms with Crippen molar-refractivity contribution < 1.29 is 19.4 Å². The number of aromatic nitrogens is 1. The molecule has 1 amide bonds. The Labute approximate surface area is 196 Å². The average molecular weight is 478 g/mol. The molecule has 0 saturated carbocycles. The Morgan fingerprint density at radius 1 is 1.16 bits per heavy atom. The first-order valence-corrected chi connectivity index (χ1v) is 11.1. The summed E-state index contributed by atoms with van der Waals surface area (Å²) in [6.45, 7) is 3.01. The van der Waals surface area contributed by atoms with Crippen molar-refractivity contribution in [3.05, 3.63) is 46.4 Å². The summed E-state index contributed by atoms with van der Waals surface area (Å²) in [6, 6.07) is 10.4. The molecule has 1 N–H and O–H groups in total. The molecule has 3 rings (SSSR count). The maximum Gasteiger partial charge on any atom is 0.264 e. The third-order valence-corrected chi connectivity index (χ3v) is 5.43. The molecule has 0 unspecified atom stereocenters. The first kappa shape index (κ1) is 23.9. The predicted molar refractivity (Wildman–Crippen MR) is 126 cm³/mol. The van der Waals surface area contributed by atoms with Crippen LogP contribution in [0.4, 0.5) is 5.69 Å². The monoisotopic (exact) mass is 477 g/mol. The minimum atomic E-state index is -0.410. The molecule has 0 saturated heterocycles. The first-order valence-electron chi connectivity index (χ1n) is 10.4. The number of fused-ring (bicyclic) bond motifs is 1. The van der Waals surface area contributed by atoms with E-state index < -0.39 is 5.91 Å². The number of ether oxygens (including phenoxy) is 2. The van der Waals surface area contributed by atoms with Crippen LogP contribution in [0.3, 0.4) is 0 Å². The first-order chi connectivity index (χ1) is 15.4. The second kappa shape index (κ2) is 11.2. The number of carbonyl (C=O) groups excluding carboxylic acids is 1. The number of rotatable bonds is 10. The maximum absolute atomic E-state index is 12.2. The molecule has 32 heavy (non-hydrogen) atoms. The number of methoxy groups -OCH3 is 1. The van der Waals surface area contributed by atoms with Gasteiger partial charge < -0.3 is 19.1 Å². The zero-order valence-corrected chi connectivity index (χ0v) is 19.5. The van der Waals surface area contributed by atoms with Crippen LogP contribution in [0.2, 0.25) is 10.0 Å². The lowest BCUT2D eigenvalue weighted by atomic mass is 10.2. The quantitative estimate of drug-likeness (QED) is 0.253. The number of benzene rings is 2. The van der Waals surface area contributed by atoms with E-state index in [0.717, 1.165) is 18.4 Å². The number of nitrogens with zero attached hydrogens (tertiary/aromatic N) is 3. The summed E-state index contributed by atoms with van der Waals surface area (Å²) in [4.78, 5) is 12.2. The van der Waals surface area contributed by atoms with Gasteiger partial charge in [0.1, 0.15) is 11.5 Å². The summed E-state index contributed by atoms with van der Waals surface area (Å²) in [5, 5.41) is 20.2. The van der Waals surface area contributed by atoms with E-state index >= 15 is 0 Å². The summed E-state index contributed by atoms with van der Waals surface area (Å²) in [6.07, 6.45) is 2.46. The van der Waals surface area contributed by atoms with E-state index in [2.05, 4.69) is 17.2 Å². The van der Waals surface area contributed by atoms with E-state index in [4.69, 9.17) is 32.7 Å². The Kier molecular flexibility index (Phi) is 8.36. The molecule has 0 atom stereocenters. The molecule has 1 aromatic heterocycles. The summed E-state index contributed by atoms with van der Waals surface area (Å²) in [5.74, 6) is 0.710. The average Bonchev–Trinajstić information content (AvgIpc) is 3.04. The highest BCUT2D eigenvalue weighted by Crippen LogP contribution is 2.40. The van der Waals surface area contributed by atoms with Crippen molar-refractivity contribution in [2.75, 3.05) is 13.7 Å². The number of aromatic hydroxyl groups is 1. The zero-order chi connectivity index (χ0) is 23.1. The lowest BCUT2D eigenvalue weighted by molar-refractivity contribution is -0.118. The van der Waals surface area contributed by atoms with Crippen molar-refractivity contribution in [1.82, 2.24) is 4.57 Å². The largest absolute Gasteiger partial charge is 0.497 e. The SMILES string of the molecule is CCCCn1c(O)c(N=NC(=O)CCCOc2ccc(Cl)cc2Cl)c2cc(OC)ccc21. The molecule has 2 aromatic carbocycles. The number of hydrogen-bond donors (Lipinski definition) is 1. The van der Waals surface area contributed by atoms with Crippen LogP contribution in [0.15, 0.2) is 46.6 Å². The third-order valence-electron chi connectivity index (χ3n) is 4.90. The molecule has 0 aliphatic rings. The zero-order valence-electron chi connectivity index (χ0n) is 18.0. The van der Waals surface area contributed by atoms with Crippen LogP contribution in [0.25, 0.3) is 10.9 Å². The van der Waals surface area contributed by atoms with Gasteiger partial charge in [-0.15, -0.1) is 10.2 Å². The number of unbranched alkanes of at least 4 members (excludes halogenated alkanes) is 1. The molecule has 3 aromatic rings. The van der Waals surface area contributed by atoms with E-state index in [0.29, 0.717) is 46.5 Å². The van der Waals surface area contributed by atoms with Gasteiger partial charge in [-0.3, -0.25) is 4.79 Å². The van der Waals surface area contributed by atoms with Crippen molar-refractivity contribution in [3.63, 3.8) is 0 Å². The molecule has 9 heteroatoms. The van der Waals surface area contributed by atoms with E-state index in [-0.39, 0.29) is 18.0 Å². The van der Waals surface area contributed by atoms with Gasteiger partial charge >= 0.3 is 0 Å². The summed E-state index contributed by atoms with van der Waals surface area (Å²) < 4.78 is 12.6. The highest BCUT2D eigenvalue weighted by atomic mass is 35.5. The molecule has 0 bridgehead atoms. The number of aryl methyl sites for hydroxylation is 1. The predicted octanol–water partition coefficient (Wildman–Crippen LogP) is 6.93. The molecule has 0 radical (unpaired) electrons. The van der Waals surface area contributed by atoms with Gasteiger partial charge in [0.25, 0.3) is 5.91 Å². The van der Waals surface area contributed by atoms with Crippen molar-refractivity contribution >= 4 is 45.7 Å². The second-order valence-electron chi connectivity index (χ2n) is 7.18. The molecule has 0 aliphatic heterocycles. The molecular formula is C23H25Cl2N3O4. The lowest BCUT2D eigenvalue weighted by Crippen LogP contribution is -2.01. The van der Waals surface area contributed by atoms with Gasteiger partial charge in [0.2, 0.25) is 5.88 Å². The van der Waals surface area contributed by atoms with Crippen LogP contribution in [0, 0.1) is 0 Å². The van der Waals surface area contributed by atoms with E-state index in [1.54, 1.807) is 35.9 Å². The topological polar surface area (TPSA) is 85.4 Å². The van der Waals surface area contributed by atoms with Crippen LogP contribution in [-0.2, 0) is 11.3 Å². The van der Waals surface area contributed by atoms with Gasteiger partial charge in [-0.05, 0) is 49.2 Å². The molecule has 170 valence electrons. The van der Waals surface area contributed by atoms with Gasteiger partial charge in [0, 0.05) is 23.4 Å². The van der Waals surface area contributed by atoms with Gasteiger partial charge in [-0.25, -0.2) is 0 Å². The van der Waals surface area contributed by atoms with Crippen molar-refractivity contribution in [2.24, 2.45) is 10.2 Å². The smallest absolute Gasteiger partial charge is 0.264 e. The molecule has 7 nitrogen and oxygen atoms in total. The van der Waals surface area contributed by atoms with Crippen molar-refractivity contribution in [1.29, 1.82) is 0 Å². The molecular weight excluding hydrogens is 453 g/mol. The lowest BCUT2D eigenvalue weighted by Gasteiger charge is -2.07. The van der Waals surface area contributed by atoms with Crippen molar-refractivity contribution in [2.45, 2.75) is 39.2 Å². The minimum Gasteiger partial charge on any atom is -0.497 e. The number of amides is 1. The Morgan fingerprint density at radius 2 is 1.97 bits per heavy atom. The highest BCUT2D eigenvalue weighted by Gasteiger charge is 2.17. The standard InChI is InChI=1S/C23H25Cl2N3O4/c1-3-4-11-28-19-9-8-16(31-2)14-17(19)22(23(28)30)27-26-21(29)6-5-12-32-20-10-7-15(24)13-18(20)25/h7-10,13-14,30H,3-6,11-12H2,1-2H3. The van der Waals surface area contributed by atoms with Crippen LogP contribution in [0.5, 0.6) is 17.4 Å². The van der Waals surface area contributed by atoms with Gasteiger partial charge in [0.15, 0.2) is 5.69 Å². The fourth-order valence-corrected chi connectivity index (χ4v) is 3.69. The number of azo groups is 1. The third kappa shape index (κ3) is 5.72. The Hall–Kier alpha value is -2.77. The number of hydrogen-bond acceptors (Lipinski definition) is 5. The van der Waals surface area contributed by atoms with E-state index in [1.807, 2.05) is 12.1 Å². The van der Waals surface area contributed by atoms with Gasteiger partial charge in [0.05, 0.1) is 24.3 Å². The van der Waals surface area contributed by atoms with Crippen LogP contribution < -0.4 is 9.47 Å². The number of halogens is 2. The van der Waals surface area contributed by atoms with Gasteiger partial charge in [-0.2, -0.15) is 0 Å². The Balaban J connectivity index is 1.67. The fourth-order valence-electron chi connectivity index (χ4n) is 3.22. The highest BCUT2D eigenvalue weighted by molar-refractivity contribution is 6.35. The Morgan fingerprint density at radius 3 is 2.69 bits per heavy atom. The summed E-state index contributed by atoms with van der Waals surface area (Å²) >= 11 is 11.9. The molecule has 0 aliphatic carbocycles. The second-order valence-corrected chi connectivity index (χ2v) is 8.02. The molecule has 0 spiro atoms. The number of carbonyl (C=O) groups is 1. The molecule has 0 fully saturated rings. The summed E-state index contributed by atoms with van der Waals surface area (Å²) in [5.41, 5.74) is 1.07.